The maximum Gasteiger partial charge on any atom is 0.392 e. The Labute approximate surface area is 166 Å². The molecular formula is C24H30F3N. The first-order chi connectivity index (χ1) is 13.5. The van der Waals surface area contributed by atoms with Gasteiger partial charge in [0.25, 0.3) is 0 Å². The zero-order chi connectivity index (χ0) is 20.0. The minimum absolute atomic E-state index is 0.268. The summed E-state index contributed by atoms with van der Waals surface area (Å²) < 4.78 is 39.6. The average molecular weight is 390 g/mol. The number of halogens is 3. The summed E-state index contributed by atoms with van der Waals surface area (Å²) in [6.07, 6.45) is -0.487. The van der Waals surface area contributed by atoms with Crippen LogP contribution in [0.5, 0.6) is 0 Å². The molecule has 0 spiro atoms. The van der Waals surface area contributed by atoms with Crippen LogP contribution in [-0.4, -0.2) is 24.2 Å². The molecule has 1 saturated carbocycles. The van der Waals surface area contributed by atoms with Crippen molar-refractivity contribution < 1.29 is 13.2 Å². The number of rotatable bonds is 8. The van der Waals surface area contributed by atoms with Crippen LogP contribution in [0.2, 0.25) is 0 Å². The number of hydrogen-bond donors (Lipinski definition) is 0. The largest absolute Gasteiger partial charge is 0.392 e. The van der Waals surface area contributed by atoms with Crippen LogP contribution in [0.25, 0.3) is 0 Å². The van der Waals surface area contributed by atoms with Crippen molar-refractivity contribution in [3.05, 3.63) is 71.3 Å². The maximum atomic E-state index is 13.2. The van der Waals surface area contributed by atoms with Crippen molar-refractivity contribution >= 4 is 0 Å². The smallest absolute Gasteiger partial charge is 0.299 e. The third-order valence-electron chi connectivity index (χ3n) is 5.98. The molecule has 2 atom stereocenters. The number of benzene rings is 2. The average Bonchev–Trinajstić information content (AvgIpc) is 3.19. The fraction of sp³-hybridized carbons (Fsp3) is 0.500. The van der Waals surface area contributed by atoms with E-state index in [1.54, 1.807) is 0 Å². The Morgan fingerprint density at radius 2 is 1.64 bits per heavy atom. The molecule has 2 aromatic carbocycles. The third-order valence-corrected chi connectivity index (χ3v) is 5.98. The van der Waals surface area contributed by atoms with Crippen LogP contribution in [0.4, 0.5) is 13.2 Å². The summed E-state index contributed by atoms with van der Waals surface area (Å²) in [4.78, 5) is 2.43. The molecule has 0 N–H and O–H groups in total. The summed E-state index contributed by atoms with van der Waals surface area (Å²) >= 11 is 0. The van der Waals surface area contributed by atoms with Gasteiger partial charge in [0, 0.05) is 6.54 Å². The summed E-state index contributed by atoms with van der Waals surface area (Å²) in [5.74, 6) is -1.54. The van der Waals surface area contributed by atoms with Crippen LogP contribution in [-0.2, 0) is 13.0 Å². The summed E-state index contributed by atoms with van der Waals surface area (Å²) in [5.41, 5.74) is 3.38. The summed E-state index contributed by atoms with van der Waals surface area (Å²) in [6.45, 7) is 5.16. The topological polar surface area (TPSA) is 3.24 Å². The molecule has 1 aliphatic carbocycles. The molecule has 0 aliphatic heterocycles. The Hall–Kier alpha value is -1.81. The Bertz CT molecular complexity index is 709. The van der Waals surface area contributed by atoms with Gasteiger partial charge in [-0.25, -0.2) is 0 Å². The van der Waals surface area contributed by atoms with Crippen molar-refractivity contribution in [1.82, 2.24) is 4.90 Å². The van der Waals surface area contributed by atoms with Crippen molar-refractivity contribution in [3.8, 4) is 0 Å². The van der Waals surface area contributed by atoms with Gasteiger partial charge in [-0.3, -0.25) is 4.90 Å². The first kappa shape index (κ1) is 20.9. The van der Waals surface area contributed by atoms with Crippen molar-refractivity contribution in [3.63, 3.8) is 0 Å². The van der Waals surface area contributed by atoms with Crippen molar-refractivity contribution in [2.75, 3.05) is 13.1 Å². The number of nitrogens with zero attached hydrogens (tertiary/aromatic N) is 1. The zero-order valence-corrected chi connectivity index (χ0v) is 16.6. The lowest BCUT2D eigenvalue weighted by Gasteiger charge is -2.23. The molecule has 1 aliphatic rings. The minimum atomic E-state index is -4.08. The van der Waals surface area contributed by atoms with E-state index in [2.05, 4.69) is 36.1 Å². The molecule has 0 aromatic heterocycles. The lowest BCUT2D eigenvalue weighted by atomic mass is 9.88. The molecule has 1 nitrogen and oxygen atoms in total. The van der Waals surface area contributed by atoms with E-state index in [1.165, 1.54) is 11.1 Å². The van der Waals surface area contributed by atoms with Crippen LogP contribution in [0.15, 0.2) is 54.6 Å². The molecule has 2 aromatic rings. The van der Waals surface area contributed by atoms with Crippen LogP contribution in [0.1, 0.15) is 55.2 Å². The van der Waals surface area contributed by atoms with Gasteiger partial charge in [-0.1, -0.05) is 67.9 Å². The van der Waals surface area contributed by atoms with Crippen molar-refractivity contribution in [1.29, 1.82) is 0 Å². The number of alkyl halides is 3. The van der Waals surface area contributed by atoms with E-state index in [1.807, 2.05) is 30.3 Å². The van der Waals surface area contributed by atoms with E-state index in [0.717, 1.165) is 38.0 Å². The molecule has 4 heteroatoms. The van der Waals surface area contributed by atoms with Crippen LogP contribution in [0.3, 0.4) is 0 Å². The third kappa shape index (κ3) is 5.60. The molecule has 0 radical (unpaired) electrons. The first-order valence-electron chi connectivity index (χ1n) is 10.4. The minimum Gasteiger partial charge on any atom is -0.299 e. The fourth-order valence-corrected chi connectivity index (χ4v) is 4.38. The second-order valence-corrected chi connectivity index (χ2v) is 7.89. The van der Waals surface area contributed by atoms with Gasteiger partial charge in [0.1, 0.15) is 0 Å². The van der Waals surface area contributed by atoms with Crippen molar-refractivity contribution in [2.24, 2.45) is 5.92 Å². The van der Waals surface area contributed by atoms with Gasteiger partial charge in [-0.2, -0.15) is 13.2 Å². The Kier molecular flexibility index (Phi) is 7.17. The molecule has 3 rings (SSSR count). The monoisotopic (exact) mass is 389 g/mol. The molecule has 0 amide bonds. The molecule has 1 fully saturated rings. The Morgan fingerprint density at radius 1 is 0.929 bits per heavy atom. The Morgan fingerprint density at radius 3 is 2.29 bits per heavy atom. The molecule has 0 heterocycles. The Balaban J connectivity index is 1.50. The zero-order valence-electron chi connectivity index (χ0n) is 16.6. The first-order valence-corrected chi connectivity index (χ1v) is 10.4. The predicted octanol–water partition coefficient (Wildman–Crippen LogP) is 6.59. The molecule has 2 unspecified atom stereocenters. The molecule has 0 saturated heterocycles. The van der Waals surface area contributed by atoms with E-state index < -0.39 is 12.1 Å². The highest BCUT2D eigenvalue weighted by molar-refractivity contribution is 5.27. The summed E-state index contributed by atoms with van der Waals surface area (Å²) in [7, 11) is 0. The van der Waals surface area contributed by atoms with Gasteiger partial charge in [0.15, 0.2) is 0 Å². The molecular weight excluding hydrogens is 359 g/mol. The van der Waals surface area contributed by atoms with E-state index in [4.69, 9.17) is 0 Å². The van der Waals surface area contributed by atoms with E-state index in [-0.39, 0.29) is 12.3 Å². The summed E-state index contributed by atoms with van der Waals surface area (Å²) in [5, 5.41) is 0. The normalized spacial score (nSPS) is 20.0. The quantitative estimate of drug-likeness (QED) is 0.492. The maximum absolute atomic E-state index is 13.2. The van der Waals surface area contributed by atoms with Crippen molar-refractivity contribution in [2.45, 2.75) is 57.7 Å². The summed E-state index contributed by atoms with van der Waals surface area (Å²) in [6, 6.07) is 18.4. The highest BCUT2D eigenvalue weighted by atomic mass is 19.4. The molecule has 0 bridgehead atoms. The lowest BCUT2D eigenvalue weighted by molar-refractivity contribution is -0.176. The second-order valence-electron chi connectivity index (χ2n) is 7.89. The van der Waals surface area contributed by atoms with E-state index >= 15 is 0 Å². The molecule has 28 heavy (non-hydrogen) atoms. The lowest BCUT2D eigenvalue weighted by Crippen LogP contribution is -2.25. The van der Waals surface area contributed by atoms with Gasteiger partial charge in [-0.05, 0) is 61.4 Å². The van der Waals surface area contributed by atoms with Gasteiger partial charge < -0.3 is 0 Å². The van der Waals surface area contributed by atoms with E-state index in [0.29, 0.717) is 12.8 Å². The highest BCUT2D eigenvalue weighted by Crippen LogP contribution is 2.48. The van der Waals surface area contributed by atoms with Gasteiger partial charge >= 0.3 is 6.18 Å². The SMILES string of the molecule is CCN(CCCc1ccc(C2CCCC2C(F)(F)F)cc1)Cc1ccccc1. The van der Waals surface area contributed by atoms with Gasteiger partial charge in [0.2, 0.25) is 0 Å². The van der Waals surface area contributed by atoms with Gasteiger partial charge in [0.05, 0.1) is 5.92 Å². The number of aryl methyl sites for hydroxylation is 1. The predicted molar refractivity (Wildman–Crippen MR) is 108 cm³/mol. The highest BCUT2D eigenvalue weighted by Gasteiger charge is 2.47. The standard InChI is InChI=1S/C24H30F3N/c1-2-28(18-20-8-4-3-5-9-20)17-7-10-19-13-15-21(16-14-19)22-11-6-12-23(22)24(25,26)27/h3-5,8-9,13-16,22-23H,2,6-7,10-12,17-18H2,1H3. The van der Waals surface area contributed by atoms with Crippen LogP contribution in [0, 0.1) is 5.92 Å². The fourth-order valence-electron chi connectivity index (χ4n) is 4.38. The second kappa shape index (κ2) is 9.60. The number of hydrogen-bond acceptors (Lipinski definition) is 1. The van der Waals surface area contributed by atoms with Gasteiger partial charge in [-0.15, -0.1) is 0 Å². The van der Waals surface area contributed by atoms with Crippen LogP contribution >= 0.6 is 0 Å². The molecule has 152 valence electrons. The van der Waals surface area contributed by atoms with Crippen LogP contribution < -0.4 is 0 Å². The van der Waals surface area contributed by atoms with E-state index in [9.17, 15) is 13.2 Å².